The fraction of sp³-hybridized carbons (Fsp3) is 0.909. The van der Waals surface area contributed by atoms with Gasteiger partial charge in [-0.15, -0.1) is 0 Å². The van der Waals surface area contributed by atoms with Crippen LogP contribution in [0.5, 0.6) is 0 Å². The van der Waals surface area contributed by atoms with Crippen LogP contribution >= 0.6 is 0 Å². The van der Waals surface area contributed by atoms with Crippen molar-refractivity contribution in [3.05, 3.63) is 0 Å². The highest BCUT2D eigenvalue weighted by molar-refractivity contribution is 5.78. The standard InChI is InChI=1S/C11H22N2O3/c1-16-7-4-12-8-11(15)13-5-2-10(9-14)3-6-13/h10,12,14H,2-9H2,1H3. The van der Waals surface area contributed by atoms with E-state index in [0.29, 0.717) is 25.6 Å². The summed E-state index contributed by atoms with van der Waals surface area (Å²) in [4.78, 5) is 13.6. The number of rotatable bonds is 6. The zero-order valence-corrected chi connectivity index (χ0v) is 9.95. The van der Waals surface area contributed by atoms with E-state index < -0.39 is 0 Å². The molecule has 0 aromatic rings. The minimum absolute atomic E-state index is 0.146. The summed E-state index contributed by atoms with van der Waals surface area (Å²) in [6.45, 7) is 3.50. The number of amides is 1. The summed E-state index contributed by atoms with van der Waals surface area (Å²) in [5, 5.41) is 12.0. The van der Waals surface area contributed by atoms with Gasteiger partial charge in [-0.05, 0) is 18.8 Å². The highest BCUT2D eigenvalue weighted by Crippen LogP contribution is 2.15. The molecule has 2 N–H and O–H groups in total. The highest BCUT2D eigenvalue weighted by Gasteiger charge is 2.21. The minimum atomic E-state index is 0.146. The first-order valence-electron chi connectivity index (χ1n) is 5.86. The van der Waals surface area contributed by atoms with Crippen LogP contribution < -0.4 is 5.32 Å². The van der Waals surface area contributed by atoms with Crippen molar-refractivity contribution in [2.24, 2.45) is 5.92 Å². The Morgan fingerprint density at radius 1 is 1.50 bits per heavy atom. The number of piperidine rings is 1. The van der Waals surface area contributed by atoms with Crippen molar-refractivity contribution in [1.29, 1.82) is 0 Å². The van der Waals surface area contributed by atoms with Crippen molar-refractivity contribution in [2.45, 2.75) is 12.8 Å². The molecule has 1 fully saturated rings. The number of hydrogen-bond acceptors (Lipinski definition) is 4. The number of aliphatic hydroxyl groups excluding tert-OH is 1. The van der Waals surface area contributed by atoms with Crippen LogP contribution in [0.1, 0.15) is 12.8 Å². The molecule has 0 radical (unpaired) electrons. The van der Waals surface area contributed by atoms with E-state index in [4.69, 9.17) is 9.84 Å². The predicted molar refractivity (Wildman–Crippen MR) is 61.1 cm³/mol. The Labute approximate surface area is 96.8 Å². The summed E-state index contributed by atoms with van der Waals surface area (Å²) in [6.07, 6.45) is 1.83. The molecular weight excluding hydrogens is 208 g/mol. The number of likely N-dealkylation sites (tertiary alicyclic amines) is 1. The maximum absolute atomic E-state index is 11.7. The fourth-order valence-electron chi connectivity index (χ4n) is 1.85. The van der Waals surface area contributed by atoms with Crippen LogP contribution in [0.4, 0.5) is 0 Å². The zero-order valence-electron chi connectivity index (χ0n) is 9.95. The maximum Gasteiger partial charge on any atom is 0.236 e. The Hall–Kier alpha value is -0.650. The molecule has 0 aromatic heterocycles. The molecule has 1 aliphatic heterocycles. The smallest absolute Gasteiger partial charge is 0.236 e. The first-order valence-corrected chi connectivity index (χ1v) is 5.86. The summed E-state index contributed by atoms with van der Waals surface area (Å²) < 4.78 is 4.88. The monoisotopic (exact) mass is 230 g/mol. The lowest BCUT2D eigenvalue weighted by atomic mass is 9.98. The van der Waals surface area contributed by atoms with Gasteiger partial charge in [-0.2, -0.15) is 0 Å². The Morgan fingerprint density at radius 2 is 2.19 bits per heavy atom. The molecule has 0 aromatic carbocycles. The van der Waals surface area contributed by atoms with Gasteiger partial charge in [-0.3, -0.25) is 4.79 Å². The lowest BCUT2D eigenvalue weighted by molar-refractivity contribution is -0.131. The van der Waals surface area contributed by atoms with Crippen LogP contribution in [0.3, 0.4) is 0 Å². The van der Waals surface area contributed by atoms with E-state index in [0.717, 1.165) is 25.9 Å². The molecule has 0 spiro atoms. The van der Waals surface area contributed by atoms with Crippen LogP contribution in [0.2, 0.25) is 0 Å². The van der Waals surface area contributed by atoms with Gasteiger partial charge < -0.3 is 20.1 Å². The number of aliphatic hydroxyl groups is 1. The summed E-state index contributed by atoms with van der Waals surface area (Å²) in [5.74, 6) is 0.526. The van der Waals surface area contributed by atoms with Gasteiger partial charge in [0, 0.05) is 33.4 Å². The molecule has 0 unspecified atom stereocenters. The summed E-state index contributed by atoms with van der Waals surface area (Å²) in [5.41, 5.74) is 0. The second-order valence-electron chi connectivity index (χ2n) is 4.18. The van der Waals surface area contributed by atoms with Crippen molar-refractivity contribution in [2.75, 3.05) is 46.5 Å². The van der Waals surface area contributed by atoms with Crippen molar-refractivity contribution in [3.63, 3.8) is 0 Å². The summed E-state index contributed by atoms with van der Waals surface area (Å²) in [7, 11) is 1.64. The molecule has 16 heavy (non-hydrogen) atoms. The molecule has 1 saturated heterocycles. The Kier molecular flexibility index (Phi) is 6.37. The van der Waals surface area contributed by atoms with Crippen molar-refractivity contribution < 1.29 is 14.6 Å². The lowest BCUT2D eigenvalue weighted by Gasteiger charge is -2.31. The average molecular weight is 230 g/mol. The molecule has 0 aliphatic carbocycles. The molecule has 5 nitrogen and oxygen atoms in total. The molecule has 1 amide bonds. The quantitative estimate of drug-likeness (QED) is 0.601. The molecule has 1 rings (SSSR count). The van der Waals surface area contributed by atoms with Crippen LogP contribution in [0.25, 0.3) is 0 Å². The van der Waals surface area contributed by atoms with Gasteiger partial charge >= 0.3 is 0 Å². The van der Waals surface area contributed by atoms with Gasteiger partial charge in [0.1, 0.15) is 0 Å². The molecule has 0 bridgehead atoms. The fourth-order valence-corrected chi connectivity index (χ4v) is 1.85. The minimum Gasteiger partial charge on any atom is -0.396 e. The number of ether oxygens (including phenoxy) is 1. The highest BCUT2D eigenvalue weighted by atomic mass is 16.5. The van der Waals surface area contributed by atoms with E-state index in [9.17, 15) is 4.79 Å². The number of carbonyl (C=O) groups excluding carboxylic acids is 1. The molecule has 1 heterocycles. The topological polar surface area (TPSA) is 61.8 Å². The van der Waals surface area contributed by atoms with Gasteiger partial charge in [0.2, 0.25) is 5.91 Å². The summed E-state index contributed by atoms with van der Waals surface area (Å²) in [6, 6.07) is 0. The lowest BCUT2D eigenvalue weighted by Crippen LogP contribution is -2.43. The third-order valence-corrected chi connectivity index (χ3v) is 2.98. The van der Waals surface area contributed by atoms with E-state index in [2.05, 4.69) is 5.32 Å². The molecule has 1 aliphatic rings. The second-order valence-corrected chi connectivity index (χ2v) is 4.18. The number of hydrogen-bond donors (Lipinski definition) is 2. The largest absolute Gasteiger partial charge is 0.396 e. The number of methoxy groups -OCH3 is 1. The Bertz CT molecular complexity index is 203. The predicted octanol–water partition coefficient (Wildman–Crippen LogP) is -0.547. The first kappa shape index (κ1) is 13.4. The third-order valence-electron chi connectivity index (χ3n) is 2.98. The first-order chi connectivity index (χ1) is 7.77. The van der Waals surface area contributed by atoms with Crippen LogP contribution in [-0.2, 0) is 9.53 Å². The van der Waals surface area contributed by atoms with Crippen LogP contribution in [0, 0.1) is 5.92 Å². The SMILES string of the molecule is COCCNCC(=O)N1CCC(CO)CC1. The normalized spacial score (nSPS) is 17.8. The van der Waals surface area contributed by atoms with Crippen molar-refractivity contribution in [3.8, 4) is 0 Å². The summed E-state index contributed by atoms with van der Waals surface area (Å²) >= 11 is 0. The van der Waals surface area contributed by atoms with E-state index in [1.807, 2.05) is 4.90 Å². The van der Waals surface area contributed by atoms with Crippen molar-refractivity contribution >= 4 is 5.91 Å². The maximum atomic E-state index is 11.7. The van der Waals surface area contributed by atoms with Gasteiger partial charge in [0.25, 0.3) is 0 Å². The van der Waals surface area contributed by atoms with E-state index in [1.165, 1.54) is 0 Å². The van der Waals surface area contributed by atoms with Gasteiger partial charge in [-0.25, -0.2) is 0 Å². The molecule has 0 saturated carbocycles. The Balaban J connectivity index is 2.13. The van der Waals surface area contributed by atoms with Gasteiger partial charge in [-0.1, -0.05) is 0 Å². The number of nitrogens with one attached hydrogen (secondary N) is 1. The molecular formula is C11H22N2O3. The number of carbonyl (C=O) groups is 1. The van der Waals surface area contributed by atoms with Crippen molar-refractivity contribution in [1.82, 2.24) is 10.2 Å². The third kappa shape index (κ3) is 4.47. The number of nitrogens with zero attached hydrogens (tertiary/aromatic N) is 1. The average Bonchev–Trinajstić information content (AvgIpc) is 2.34. The van der Waals surface area contributed by atoms with E-state index in [1.54, 1.807) is 7.11 Å². The van der Waals surface area contributed by atoms with Gasteiger partial charge in [0.05, 0.1) is 13.2 Å². The molecule has 94 valence electrons. The van der Waals surface area contributed by atoms with Crippen LogP contribution in [-0.4, -0.2) is 62.4 Å². The van der Waals surface area contributed by atoms with Crippen LogP contribution in [0.15, 0.2) is 0 Å². The van der Waals surface area contributed by atoms with E-state index >= 15 is 0 Å². The molecule has 0 atom stereocenters. The molecule has 5 heteroatoms. The second kappa shape index (κ2) is 7.60. The Morgan fingerprint density at radius 3 is 2.75 bits per heavy atom. The van der Waals surface area contributed by atoms with Gasteiger partial charge in [0.15, 0.2) is 0 Å². The zero-order chi connectivity index (χ0) is 11.8. The van der Waals surface area contributed by atoms with E-state index in [-0.39, 0.29) is 12.5 Å².